The Balaban J connectivity index is 2.56. The highest BCUT2D eigenvalue weighted by atomic mass is 16.1. The molecule has 19 heavy (non-hydrogen) atoms. The molecule has 5 nitrogen and oxygen atoms in total. The summed E-state index contributed by atoms with van der Waals surface area (Å²) in [6.07, 6.45) is 2.62. The highest BCUT2D eigenvalue weighted by Gasteiger charge is 2.12. The number of nitrogens with one attached hydrogen (secondary N) is 2. The van der Waals surface area contributed by atoms with Crippen molar-refractivity contribution in [3.63, 3.8) is 0 Å². The summed E-state index contributed by atoms with van der Waals surface area (Å²) < 4.78 is 0. The van der Waals surface area contributed by atoms with Crippen molar-refractivity contribution in [3.05, 3.63) is 23.9 Å². The molecular formula is C14H24N4O. The number of aromatic nitrogens is 1. The molecule has 0 aliphatic carbocycles. The Morgan fingerprint density at radius 3 is 2.79 bits per heavy atom. The van der Waals surface area contributed by atoms with Gasteiger partial charge in [-0.25, -0.2) is 4.98 Å². The summed E-state index contributed by atoms with van der Waals surface area (Å²) in [6.45, 7) is 5.68. The third-order valence-electron chi connectivity index (χ3n) is 2.55. The molecule has 0 atom stereocenters. The van der Waals surface area contributed by atoms with E-state index in [2.05, 4.69) is 20.5 Å². The van der Waals surface area contributed by atoms with Crippen LogP contribution in [0.4, 0.5) is 5.82 Å². The minimum Gasteiger partial charge on any atom is -0.367 e. The molecule has 2 N–H and O–H groups in total. The molecule has 1 heterocycles. The van der Waals surface area contributed by atoms with Crippen LogP contribution in [0.5, 0.6) is 0 Å². The van der Waals surface area contributed by atoms with Crippen molar-refractivity contribution in [2.75, 3.05) is 32.5 Å². The second-order valence-electron chi connectivity index (χ2n) is 5.11. The first-order valence-electron chi connectivity index (χ1n) is 6.65. The van der Waals surface area contributed by atoms with Gasteiger partial charge in [-0.15, -0.1) is 0 Å². The molecule has 106 valence electrons. The summed E-state index contributed by atoms with van der Waals surface area (Å²) in [5.74, 6) is 0.567. The van der Waals surface area contributed by atoms with Gasteiger partial charge in [-0.3, -0.25) is 4.79 Å². The first-order valence-corrected chi connectivity index (χ1v) is 6.65. The van der Waals surface area contributed by atoms with E-state index >= 15 is 0 Å². The minimum absolute atomic E-state index is 0.0741. The molecule has 0 unspecified atom stereocenters. The fourth-order valence-corrected chi connectivity index (χ4v) is 1.67. The lowest BCUT2D eigenvalue weighted by Gasteiger charge is -2.14. The Labute approximate surface area is 115 Å². The maximum Gasteiger partial charge on any atom is 0.255 e. The van der Waals surface area contributed by atoms with E-state index in [4.69, 9.17) is 0 Å². The second-order valence-corrected chi connectivity index (χ2v) is 5.11. The lowest BCUT2D eigenvalue weighted by Crippen LogP contribution is -2.28. The zero-order valence-corrected chi connectivity index (χ0v) is 12.2. The van der Waals surface area contributed by atoms with Gasteiger partial charge in [0.2, 0.25) is 0 Å². The van der Waals surface area contributed by atoms with Gasteiger partial charge in [0.15, 0.2) is 0 Å². The molecule has 0 aliphatic rings. The number of carbonyl (C=O) groups is 1. The van der Waals surface area contributed by atoms with Crippen molar-refractivity contribution in [1.29, 1.82) is 0 Å². The van der Waals surface area contributed by atoms with Crippen molar-refractivity contribution in [2.24, 2.45) is 0 Å². The fourth-order valence-electron chi connectivity index (χ4n) is 1.67. The molecule has 0 fully saturated rings. The van der Waals surface area contributed by atoms with Crippen LogP contribution in [0.1, 0.15) is 30.6 Å². The second kappa shape index (κ2) is 7.74. The van der Waals surface area contributed by atoms with Gasteiger partial charge in [-0.2, -0.15) is 0 Å². The van der Waals surface area contributed by atoms with Crippen LogP contribution >= 0.6 is 0 Å². The van der Waals surface area contributed by atoms with Crippen molar-refractivity contribution in [2.45, 2.75) is 26.3 Å². The first kappa shape index (κ1) is 15.4. The van der Waals surface area contributed by atoms with E-state index in [1.54, 1.807) is 18.3 Å². The van der Waals surface area contributed by atoms with Gasteiger partial charge < -0.3 is 15.5 Å². The Morgan fingerprint density at radius 2 is 2.16 bits per heavy atom. The van der Waals surface area contributed by atoms with Crippen molar-refractivity contribution < 1.29 is 4.79 Å². The molecule has 5 heteroatoms. The van der Waals surface area contributed by atoms with Crippen LogP contribution in [-0.2, 0) is 0 Å². The van der Waals surface area contributed by atoms with E-state index in [0.29, 0.717) is 17.9 Å². The van der Waals surface area contributed by atoms with Gasteiger partial charge in [0.25, 0.3) is 5.91 Å². The standard InChI is InChI=1S/C14H24N4O/c1-11(2)17-13-12(7-5-8-15-13)14(19)16-9-6-10-18(3)4/h5,7-8,11H,6,9-10H2,1-4H3,(H,15,17)(H,16,19). The van der Waals surface area contributed by atoms with E-state index in [-0.39, 0.29) is 11.9 Å². The number of amides is 1. The van der Waals surface area contributed by atoms with Crippen LogP contribution in [0.3, 0.4) is 0 Å². The third kappa shape index (κ3) is 5.70. The summed E-state index contributed by atoms with van der Waals surface area (Å²) >= 11 is 0. The molecule has 1 aromatic rings. The monoisotopic (exact) mass is 264 g/mol. The number of hydrogen-bond acceptors (Lipinski definition) is 4. The predicted octanol–water partition coefficient (Wildman–Crippen LogP) is 1.58. The van der Waals surface area contributed by atoms with Crippen LogP contribution in [0, 0.1) is 0 Å². The maximum absolute atomic E-state index is 12.1. The lowest BCUT2D eigenvalue weighted by molar-refractivity contribution is 0.0953. The highest BCUT2D eigenvalue weighted by molar-refractivity contribution is 5.98. The predicted molar refractivity (Wildman–Crippen MR) is 78.5 cm³/mol. The molecule has 0 aromatic carbocycles. The van der Waals surface area contributed by atoms with Gasteiger partial charge in [0.1, 0.15) is 5.82 Å². The van der Waals surface area contributed by atoms with E-state index < -0.39 is 0 Å². The molecule has 0 radical (unpaired) electrons. The molecule has 1 rings (SSSR count). The van der Waals surface area contributed by atoms with Gasteiger partial charge in [0.05, 0.1) is 5.56 Å². The Kier molecular flexibility index (Phi) is 6.29. The zero-order chi connectivity index (χ0) is 14.3. The first-order chi connectivity index (χ1) is 9.00. The number of nitrogens with zero attached hydrogens (tertiary/aromatic N) is 2. The van der Waals surface area contributed by atoms with Crippen LogP contribution in [-0.4, -0.2) is 49.0 Å². The smallest absolute Gasteiger partial charge is 0.255 e. The maximum atomic E-state index is 12.1. The molecule has 0 bridgehead atoms. The zero-order valence-electron chi connectivity index (χ0n) is 12.2. The molecule has 0 spiro atoms. The van der Waals surface area contributed by atoms with Gasteiger partial charge in [-0.1, -0.05) is 0 Å². The SMILES string of the molecule is CC(C)Nc1ncccc1C(=O)NCCCN(C)C. The number of rotatable bonds is 7. The van der Waals surface area contributed by atoms with Gasteiger partial charge >= 0.3 is 0 Å². The normalized spacial score (nSPS) is 10.8. The van der Waals surface area contributed by atoms with E-state index in [1.165, 1.54) is 0 Å². The average molecular weight is 264 g/mol. The summed E-state index contributed by atoms with van der Waals surface area (Å²) in [6, 6.07) is 3.81. The number of carbonyl (C=O) groups excluding carboxylic acids is 1. The number of anilines is 1. The molecule has 0 saturated carbocycles. The molecule has 1 amide bonds. The van der Waals surface area contributed by atoms with Gasteiger partial charge in [-0.05, 0) is 53.0 Å². The highest BCUT2D eigenvalue weighted by Crippen LogP contribution is 2.12. The Morgan fingerprint density at radius 1 is 1.42 bits per heavy atom. The van der Waals surface area contributed by atoms with Crippen molar-refractivity contribution in [1.82, 2.24) is 15.2 Å². The van der Waals surface area contributed by atoms with Crippen LogP contribution in [0.15, 0.2) is 18.3 Å². The minimum atomic E-state index is -0.0741. The van der Waals surface area contributed by atoms with E-state index in [9.17, 15) is 4.79 Å². The van der Waals surface area contributed by atoms with E-state index in [1.807, 2.05) is 27.9 Å². The summed E-state index contributed by atoms with van der Waals surface area (Å²) in [4.78, 5) is 18.4. The Bertz CT molecular complexity index is 404. The quantitative estimate of drug-likeness (QED) is 0.734. The van der Waals surface area contributed by atoms with Crippen molar-refractivity contribution >= 4 is 11.7 Å². The number of pyridine rings is 1. The van der Waals surface area contributed by atoms with E-state index in [0.717, 1.165) is 13.0 Å². The fraction of sp³-hybridized carbons (Fsp3) is 0.571. The Hall–Kier alpha value is -1.62. The molecule has 1 aromatic heterocycles. The molecule has 0 saturated heterocycles. The third-order valence-corrected chi connectivity index (χ3v) is 2.55. The molecule has 0 aliphatic heterocycles. The topological polar surface area (TPSA) is 57.3 Å². The van der Waals surface area contributed by atoms with Crippen LogP contribution < -0.4 is 10.6 Å². The van der Waals surface area contributed by atoms with Crippen LogP contribution in [0.25, 0.3) is 0 Å². The summed E-state index contributed by atoms with van der Waals surface area (Å²) in [5.41, 5.74) is 0.598. The summed E-state index contributed by atoms with van der Waals surface area (Å²) in [5, 5.41) is 6.11. The van der Waals surface area contributed by atoms with Gasteiger partial charge in [0, 0.05) is 18.8 Å². The average Bonchev–Trinajstić information content (AvgIpc) is 2.34. The van der Waals surface area contributed by atoms with Crippen LogP contribution in [0.2, 0.25) is 0 Å². The van der Waals surface area contributed by atoms with Crippen molar-refractivity contribution in [3.8, 4) is 0 Å². The lowest BCUT2D eigenvalue weighted by atomic mass is 10.2. The largest absolute Gasteiger partial charge is 0.367 e. The molecular weight excluding hydrogens is 240 g/mol. The summed E-state index contributed by atoms with van der Waals surface area (Å²) in [7, 11) is 4.04. The number of hydrogen-bond donors (Lipinski definition) is 2.